The number of amides is 1. The standard InChI is InChI=1S/C18H20FN5O/c1-11-17(12(2)24(3)23-11)15-10-16(22-21-15)18(25)20-9-8-13-6-4-5-7-14(13)19/h4-7,10H,8-9H2,1-3H3,(H,20,25)(H,21,22). The van der Waals surface area contributed by atoms with Gasteiger partial charge in [0, 0.05) is 24.8 Å². The molecule has 2 heterocycles. The van der Waals surface area contributed by atoms with E-state index < -0.39 is 0 Å². The number of hydrogen-bond donors (Lipinski definition) is 2. The van der Waals surface area contributed by atoms with E-state index in [1.807, 2.05) is 20.9 Å². The number of benzene rings is 1. The van der Waals surface area contributed by atoms with Crippen LogP contribution in [-0.4, -0.2) is 32.4 Å². The lowest BCUT2D eigenvalue weighted by Crippen LogP contribution is -2.26. The number of rotatable bonds is 5. The highest BCUT2D eigenvalue weighted by Crippen LogP contribution is 2.25. The molecule has 0 saturated heterocycles. The Bertz CT molecular complexity index is 912. The topological polar surface area (TPSA) is 75.6 Å². The summed E-state index contributed by atoms with van der Waals surface area (Å²) in [5.74, 6) is -0.530. The van der Waals surface area contributed by atoms with Gasteiger partial charge in [0.05, 0.1) is 11.4 Å². The molecular weight excluding hydrogens is 321 g/mol. The van der Waals surface area contributed by atoms with Gasteiger partial charge >= 0.3 is 0 Å². The first-order valence-electron chi connectivity index (χ1n) is 8.05. The number of aromatic nitrogens is 4. The quantitative estimate of drug-likeness (QED) is 0.749. The third-order valence-electron chi connectivity index (χ3n) is 4.23. The first kappa shape index (κ1) is 16.9. The summed E-state index contributed by atoms with van der Waals surface area (Å²) < 4.78 is 15.4. The number of hydrogen-bond acceptors (Lipinski definition) is 3. The number of H-pyrrole nitrogens is 1. The van der Waals surface area contributed by atoms with Crippen molar-refractivity contribution in [1.29, 1.82) is 0 Å². The van der Waals surface area contributed by atoms with Crippen LogP contribution >= 0.6 is 0 Å². The van der Waals surface area contributed by atoms with Gasteiger partial charge in [0.25, 0.3) is 5.91 Å². The second-order valence-electron chi connectivity index (χ2n) is 5.93. The lowest BCUT2D eigenvalue weighted by molar-refractivity contribution is 0.0949. The molecule has 130 valence electrons. The lowest BCUT2D eigenvalue weighted by atomic mass is 10.1. The molecule has 1 amide bonds. The van der Waals surface area contributed by atoms with Crippen molar-refractivity contribution in [3.8, 4) is 11.3 Å². The summed E-state index contributed by atoms with van der Waals surface area (Å²) in [7, 11) is 1.87. The SMILES string of the molecule is Cc1nn(C)c(C)c1-c1cc(C(=O)NCCc2ccccc2F)[nH]n1. The van der Waals surface area contributed by atoms with Crippen molar-refractivity contribution in [1.82, 2.24) is 25.3 Å². The van der Waals surface area contributed by atoms with E-state index in [-0.39, 0.29) is 11.7 Å². The monoisotopic (exact) mass is 341 g/mol. The van der Waals surface area contributed by atoms with E-state index in [0.29, 0.717) is 29.9 Å². The summed E-state index contributed by atoms with van der Waals surface area (Å²) in [6.07, 6.45) is 0.431. The molecule has 3 rings (SSSR count). The largest absolute Gasteiger partial charge is 0.350 e. The molecule has 0 unspecified atom stereocenters. The molecule has 0 aliphatic rings. The summed E-state index contributed by atoms with van der Waals surface area (Å²) in [5.41, 5.74) is 4.39. The number of aromatic amines is 1. The van der Waals surface area contributed by atoms with Gasteiger partial charge in [-0.3, -0.25) is 14.6 Å². The highest BCUT2D eigenvalue weighted by atomic mass is 19.1. The highest BCUT2D eigenvalue weighted by Gasteiger charge is 2.17. The molecule has 6 nitrogen and oxygen atoms in total. The summed E-state index contributed by atoms with van der Waals surface area (Å²) in [6.45, 7) is 4.21. The molecule has 0 aliphatic heterocycles. The number of nitrogens with one attached hydrogen (secondary N) is 2. The molecule has 2 aromatic heterocycles. The second kappa shape index (κ2) is 6.88. The number of carbonyl (C=O) groups is 1. The average Bonchev–Trinajstić information content (AvgIpc) is 3.14. The summed E-state index contributed by atoms with van der Waals surface area (Å²) >= 11 is 0. The van der Waals surface area contributed by atoms with Crippen LogP contribution < -0.4 is 5.32 Å². The third kappa shape index (κ3) is 3.45. The number of nitrogens with zero attached hydrogens (tertiary/aromatic N) is 3. The Balaban J connectivity index is 1.66. The van der Waals surface area contributed by atoms with Gasteiger partial charge in [0.1, 0.15) is 11.5 Å². The van der Waals surface area contributed by atoms with Crippen LogP contribution in [0.1, 0.15) is 27.4 Å². The molecule has 2 N–H and O–H groups in total. The van der Waals surface area contributed by atoms with Crippen molar-refractivity contribution >= 4 is 5.91 Å². The van der Waals surface area contributed by atoms with Gasteiger partial charge in [-0.25, -0.2) is 4.39 Å². The van der Waals surface area contributed by atoms with Crippen molar-refractivity contribution in [2.75, 3.05) is 6.54 Å². The predicted octanol–water partition coefficient (Wildman–Crippen LogP) is 2.54. The Hall–Kier alpha value is -2.96. The van der Waals surface area contributed by atoms with E-state index in [1.165, 1.54) is 6.07 Å². The fourth-order valence-electron chi connectivity index (χ4n) is 2.82. The zero-order valence-electron chi connectivity index (χ0n) is 14.4. The molecule has 3 aromatic rings. The van der Waals surface area contributed by atoms with E-state index in [0.717, 1.165) is 17.0 Å². The minimum Gasteiger partial charge on any atom is -0.350 e. The molecule has 1 aromatic carbocycles. The van der Waals surface area contributed by atoms with E-state index in [1.54, 1.807) is 28.9 Å². The molecule has 7 heteroatoms. The Kier molecular flexibility index (Phi) is 4.65. The van der Waals surface area contributed by atoms with Gasteiger partial charge < -0.3 is 5.32 Å². The molecule has 0 bridgehead atoms. The molecule has 0 aliphatic carbocycles. The van der Waals surface area contributed by atoms with Gasteiger partial charge in [-0.2, -0.15) is 10.2 Å². The van der Waals surface area contributed by atoms with Gasteiger partial charge in [-0.1, -0.05) is 18.2 Å². The number of halogens is 1. The van der Waals surface area contributed by atoms with Gasteiger partial charge in [-0.15, -0.1) is 0 Å². The maximum absolute atomic E-state index is 13.6. The maximum atomic E-state index is 13.6. The lowest BCUT2D eigenvalue weighted by Gasteiger charge is -2.04. The van der Waals surface area contributed by atoms with E-state index in [9.17, 15) is 9.18 Å². The molecule has 0 spiro atoms. The van der Waals surface area contributed by atoms with Gasteiger partial charge in [0.15, 0.2) is 0 Å². The van der Waals surface area contributed by atoms with Crippen LogP contribution in [0, 0.1) is 19.7 Å². The van der Waals surface area contributed by atoms with E-state index in [2.05, 4.69) is 20.6 Å². The molecule has 0 saturated carbocycles. The third-order valence-corrected chi connectivity index (χ3v) is 4.23. The van der Waals surface area contributed by atoms with Crippen LogP contribution in [-0.2, 0) is 13.5 Å². The van der Waals surface area contributed by atoms with Crippen molar-refractivity contribution in [3.63, 3.8) is 0 Å². The van der Waals surface area contributed by atoms with Crippen molar-refractivity contribution in [2.24, 2.45) is 7.05 Å². The number of aryl methyl sites for hydroxylation is 2. The van der Waals surface area contributed by atoms with E-state index >= 15 is 0 Å². The van der Waals surface area contributed by atoms with Gasteiger partial charge in [0.2, 0.25) is 0 Å². The predicted molar refractivity (Wildman–Crippen MR) is 92.7 cm³/mol. The van der Waals surface area contributed by atoms with Crippen LogP contribution in [0.15, 0.2) is 30.3 Å². The van der Waals surface area contributed by atoms with Crippen LogP contribution in [0.5, 0.6) is 0 Å². The fraction of sp³-hybridized carbons (Fsp3) is 0.278. The Morgan fingerprint density at radius 1 is 1.32 bits per heavy atom. The average molecular weight is 341 g/mol. The zero-order chi connectivity index (χ0) is 18.0. The smallest absolute Gasteiger partial charge is 0.269 e. The fourth-order valence-corrected chi connectivity index (χ4v) is 2.82. The molecule has 0 atom stereocenters. The summed E-state index contributed by atoms with van der Waals surface area (Å²) in [5, 5.41) is 14.1. The second-order valence-corrected chi connectivity index (χ2v) is 5.93. The maximum Gasteiger partial charge on any atom is 0.269 e. The van der Waals surface area contributed by atoms with Crippen molar-refractivity contribution in [2.45, 2.75) is 20.3 Å². The number of carbonyl (C=O) groups excluding carboxylic acids is 1. The summed E-state index contributed by atoms with van der Waals surface area (Å²) in [6, 6.07) is 8.25. The van der Waals surface area contributed by atoms with Crippen LogP contribution in [0.4, 0.5) is 4.39 Å². The first-order valence-corrected chi connectivity index (χ1v) is 8.05. The van der Waals surface area contributed by atoms with Crippen LogP contribution in [0.3, 0.4) is 0 Å². The van der Waals surface area contributed by atoms with E-state index in [4.69, 9.17) is 0 Å². The molecule has 0 fully saturated rings. The van der Waals surface area contributed by atoms with Gasteiger partial charge in [-0.05, 0) is 38.0 Å². The minimum absolute atomic E-state index is 0.261. The Labute approximate surface area is 145 Å². The highest BCUT2D eigenvalue weighted by molar-refractivity contribution is 5.93. The van der Waals surface area contributed by atoms with Crippen LogP contribution in [0.2, 0.25) is 0 Å². The Morgan fingerprint density at radius 2 is 2.08 bits per heavy atom. The van der Waals surface area contributed by atoms with Crippen molar-refractivity contribution in [3.05, 3.63) is 58.8 Å². The van der Waals surface area contributed by atoms with Crippen LogP contribution in [0.25, 0.3) is 11.3 Å². The molecule has 0 radical (unpaired) electrons. The normalized spacial score (nSPS) is 10.9. The zero-order valence-corrected chi connectivity index (χ0v) is 14.4. The molecule has 25 heavy (non-hydrogen) atoms. The Morgan fingerprint density at radius 3 is 2.76 bits per heavy atom. The first-order chi connectivity index (χ1) is 12.0. The summed E-state index contributed by atoms with van der Waals surface area (Å²) in [4.78, 5) is 12.2. The minimum atomic E-state index is -0.269. The van der Waals surface area contributed by atoms with Crippen molar-refractivity contribution < 1.29 is 9.18 Å². The molecular formula is C18H20FN5O.